The zero-order valence-corrected chi connectivity index (χ0v) is 11.6. The van der Waals surface area contributed by atoms with Gasteiger partial charge in [-0.05, 0) is 17.5 Å². The Bertz CT molecular complexity index is 825. The van der Waals surface area contributed by atoms with Gasteiger partial charge in [0.05, 0.1) is 5.69 Å². The summed E-state index contributed by atoms with van der Waals surface area (Å²) in [6, 6.07) is 10.4. The van der Waals surface area contributed by atoms with E-state index in [-0.39, 0.29) is 0 Å². The maximum absolute atomic E-state index is 4.75. The third-order valence-corrected chi connectivity index (χ3v) is 4.71. The van der Waals surface area contributed by atoms with E-state index in [2.05, 4.69) is 45.4 Å². The van der Waals surface area contributed by atoms with E-state index in [0.29, 0.717) is 0 Å². The van der Waals surface area contributed by atoms with Crippen LogP contribution in [0.1, 0.15) is 0 Å². The first-order valence-electron chi connectivity index (χ1n) is 5.96. The lowest BCUT2D eigenvalue weighted by atomic mass is 10.1. The van der Waals surface area contributed by atoms with Crippen molar-refractivity contribution in [2.24, 2.45) is 0 Å². The highest BCUT2D eigenvalue weighted by Gasteiger charge is 2.10. The maximum atomic E-state index is 4.75. The molecule has 0 fully saturated rings. The van der Waals surface area contributed by atoms with Crippen molar-refractivity contribution in [1.82, 2.24) is 9.97 Å². The summed E-state index contributed by atoms with van der Waals surface area (Å²) in [6.45, 7) is 0. The lowest BCUT2D eigenvalue weighted by Gasteiger charge is -1.93. The first-order chi connectivity index (χ1) is 9.42. The zero-order valence-electron chi connectivity index (χ0n) is 9.96. The summed E-state index contributed by atoms with van der Waals surface area (Å²) in [4.78, 5) is 8.05. The van der Waals surface area contributed by atoms with Crippen molar-refractivity contribution in [3.8, 4) is 21.8 Å². The third-order valence-electron chi connectivity index (χ3n) is 3.14. The van der Waals surface area contributed by atoms with Crippen LogP contribution in [0.3, 0.4) is 0 Å². The summed E-state index contributed by atoms with van der Waals surface area (Å²) in [5.41, 5.74) is 4.58. The first-order valence-corrected chi connectivity index (χ1v) is 7.78. The molecule has 0 aliphatic carbocycles. The molecule has 0 atom stereocenters. The Morgan fingerprint density at radius 2 is 2.00 bits per heavy atom. The molecule has 0 aliphatic heterocycles. The van der Waals surface area contributed by atoms with Crippen molar-refractivity contribution in [1.29, 1.82) is 0 Å². The summed E-state index contributed by atoms with van der Waals surface area (Å²) in [5.74, 6) is 0. The minimum atomic E-state index is 1.05. The van der Waals surface area contributed by atoms with Crippen LogP contribution in [-0.4, -0.2) is 9.97 Å². The van der Waals surface area contributed by atoms with E-state index in [1.165, 1.54) is 16.5 Å². The number of thiophene rings is 1. The smallest absolute Gasteiger partial charge is 0.124 e. The molecule has 4 aromatic rings. The molecule has 0 saturated carbocycles. The number of thiazole rings is 1. The molecular weight excluding hydrogens is 272 g/mol. The number of nitrogens with zero attached hydrogens (tertiary/aromatic N) is 1. The largest absolute Gasteiger partial charge is 0.360 e. The summed E-state index contributed by atoms with van der Waals surface area (Å²) in [7, 11) is 0. The quantitative estimate of drug-likeness (QED) is 0.549. The van der Waals surface area contributed by atoms with Gasteiger partial charge in [-0.1, -0.05) is 18.2 Å². The van der Waals surface area contributed by atoms with Crippen LogP contribution in [0.15, 0.2) is 52.7 Å². The number of fused-ring (bicyclic) bond motifs is 1. The number of aromatic nitrogens is 2. The molecule has 0 spiro atoms. The summed E-state index contributed by atoms with van der Waals surface area (Å²) < 4.78 is 0. The molecule has 1 N–H and O–H groups in total. The molecule has 1 aromatic carbocycles. The van der Waals surface area contributed by atoms with E-state index >= 15 is 0 Å². The topological polar surface area (TPSA) is 28.7 Å². The van der Waals surface area contributed by atoms with Crippen LogP contribution < -0.4 is 0 Å². The fourth-order valence-electron chi connectivity index (χ4n) is 2.20. The number of rotatable bonds is 2. The highest BCUT2D eigenvalue weighted by molar-refractivity contribution is 7.14. The van der Waals surface area contributed by atoms with Gasteiger partial charge in [0.25, 0.3) is 0 Å². The average molecular weight is 282 g/mol. The van der Waals surface area contributed by atoms with Gasteiger partial charge in [-0.3, -0.25) is 0 Å². The Morgan fingerprint density at radius 1 is 1.05 bits per heavy atom. The molecule has 0 amide bonds. The van der Waals surface area contributed by atoms with Crippen molar-refractivity contribution in [2.75, 3.05) is 0 Å². The van der Waals surface area contributed by atoms with Gasteiger partial charge in [-0.15, -0.1) is 11.3 Å². The van der Waals surface area contributed by atoms with Crippen molar-refractivity contribution in [3.63, 3.8) is 0 Å². The molecule has 4 heteroatoms. The maximum Gasteiger partial charge on any atom is 0.124 e. The van der Waals surface area contributed by atoms with E-state index in [1.54, 1.807) is 22.7 Å². The monoisotopic (exact) mass is 282 g/mol. The first kappa shape index (κ1) is 11.0. The lowest BCUT2D eigenvalue weighted by Crippen LogP contribution is -1.76. The molecule has 3 heterocycles. The van der Waals surface area contributed by atoms with Crippen LogP contribution in [0.25, 0.3) is 32.7 Å². The minimum Gasteiger partial charge on any atom is -0.360 e. The highest BCUT2D eigenvalue weighted by atomic mass is 32.1. The molecule has 4 rings (SSSR count). The summed E-state index contributed by atoms with van der Waals surface area (Å²) in [6.07, 6.45) is 2.04. The fourth-order valence-corrected chi connectivity index (χ4v) is 3.73. The van der Waals surface area contributed by atoms with Crippen LogP contribution in [0.5, 0.6) is 0 Å². The van der Waals surface area contributed by atoms with Gasteiger partial charge in [0.15, 0.2) is 0 Å². The van der Waals surface area contributed by atoms with Crippen LogP contribution >= 0.6 is 22.7 Å². The average Bonchev–Trinajstić information content (AvgIpc) is 3.18. The Balaban J connectivity index is 1.85. The van der Waals surface area contributed by atoms with Crippen LogP contribution in [0.4, 0.5) is 0 Å². The summed E-state index contributed by atoms with van der Waals surface area (Å²) >= 11 is 3.40. The standard InChI is InChI=1S/C15H10N2S2/c1-2-4-13-11(3-1)12(7-16-13)14-9-19-15(17-14)10-5-6-18-8-10/h1-9,16H. The van der Waals surface area contributed by atoms with Crippen molar-refractivity contribution >= 4 is 33.6 Å². The molecule has 0 unspecified atom stereocenters. The molecule has 2 nitrogen and oxygen atoms in total. The number of benzene rings is 1. The number of para-hydroxylation sites is 1. The second-order valence-corrected chi connectivity index (χ2v) is 5.94. The molecule has 0 saturated heterocycles. The normalized spacial score (nSPS) is 11.2. The predicted molar refractivity (Wildman–Crippen MR) is 82.7 cm³/mol. The highest BCUT2D eigenvalue weighted by Crippen LogP contribution is 2.33. The second-order valence-electron chi connectivity index (χ2n) is 4.30. The van der Waals surface area contributed by atoms with Gasteiger partial charge in [-0.25, -0.2) is 4.98 Å². The second kappa shape index (κ2) is 4.33. The van der Waals surface area contributed by atoms with Crippen LogP contribution in [-0.2, 0) is 0 Å². The van der Waals surface area contributed by atoms with Crippen molar-refractivity contribution in [2.45, 2.75) is 0 Å². The van der Waals surface area contributed by atoms with E-state index < -0.39 is 0 Å². The molecule has 19 heavy (non-hydrogen) atoms. The van der Waals surface area contributed by atoms with Crippen LogP contribution in [0, 0.1) is 0 Å². The van der Waals surface area contributed by atoms with Crippen molar-refractivity contribution in [3.05, 3.63) is 52.7 Å². The number of hydrogen-bond acceptors (Lipinski definition) is 3. The Labute approximate surface area is 118 Å². The van der Waals surface area contributed by atoms with E-state index in [1.807, 2.05) is 12.3 Å². The number of H-pyrrole nitrogens is 1. The van der Waals surface area contributed by atoms with Gasteiger partial charge in [0.2, 0.25) is 0 Å². The number of aromatic amines is 1. The molecule has 0 radical (unpaired) electrons. The summed E-state index contributed by atoms with van der Waals surface area (Å²) in [5, 5.41) is 8.66. The molecule has 0 bridgehead atoms. The lowest BCUT2D eigenvalue weighted by molar-refractivity contribution is 1.40. The van der Waals surface area contributed by atoms with Gasteiger partial charge < -0.3 is 4.98 Å². The van der Waals surface area contributed by atoms with Gasteiger partial charge in [0.1, 0.15) is 5.01 Å². The van der Waals surface area contributed by atoms with Gasteiger partial charge >= 0.3 is 0 Å². The molecule has 0 aliphatic rings. The SMILES string of the molecule is c1ccc2c(-c3csc(-c4ccsc4)n3)c[nH]c2c1. The van der Waals surface area contributed by atoms with Crippen LogP contribution in [0.2, 0.25) is 0 Å². The third kappa shape index (κ3) is 1.80. The van der Waals surface area contributed by atoms with E-state index in [9.17, 15) is 0 Å². The Hall–Kier alpha value is -1.91. The number of nitrogens with one attached hydrogen (secondary N) is 1. The minimum absolute atomic E-state index is 1.05. The van der Waals surface area contributed by atoms with E-state index in [0.717, 1.165) is 16.2 Å². The van der Waals surface area contributed by atoms with Crippen molar-refractivity contribution < 1.29 is 0 Å². The molecule has 3 aromatic heterocycles. The van der Waals surface area contributed by atoms with Gasteiger partial charge in [-0.2, -0.15) is 11.3 Å². The molecule has 92 valence electrons. The zero-order chi connectivity index (χ0) is 12.7. The predicted octanol–water partition coefficient (Wildman–Crippen LogP) is 5.02. The fraction of sp³-hybridized carbons (Fsp3) is 0. The molecular formula is C15H10N2S2. The number of hydrogen-bond donors (Lipinski definition) is 1. The van der Waals surface area contributed by atoms with E-state index in [4.69, 9.17) is 4.98 Å². The Morgan fingerprint density at radius 3 is 2.89 bits per heavy atom. The Kier molecular flexibility index (Phi) is 2.50. The van der Waals surface area contributed by atoms with Gasteiger partial charge in [0, 0.05) is 39.0 Å².